The second-order valence-corrected chi connectivity index (χ2v) is 6.15. The Labute approximate surface area is 131 Å². The number of urea groups is 1. The summed E-state index contributed by atoms with van der Waals surface area (Å²) in [6, 6.07) is 8.13. The van der Waals surface area contributed by atoms with Crippen molar-refractivity contribution in [1.29, 1.82) is 0 Å². The van der Waals surface area contributed by atoms with Gasteiger partial charge >= 0.3 is 12.0 Å². The maximum Gasteiger partial charge on any atom is 0.317 e. The van der Waals surface area contributed by atoms with Gasteiger partial charge in [-0.25, -0.2) is 4.79 Å². The van der Waals surface area contributed by atoms with Gasteiger partial charge in [0.05, 0.1) is 5.92 Å². The Morgan fingerprint density at radius 1 is 1.32 bits per heavy atom. The molecule has 2 amide bonds. The molecular formula is C17H24N2O3. The molecule has 1 atom stereocenters. The molecule has 1 aromatic carbocycles. The van der Waals surface area contributed by atoms with Crippen LogP contribution in [0.1, 0.15) is 43.2 Å². The summed E-state index contributed by atoms with van der Waals surface area (Å²) in [5.74, 6) is -0.754. The van der Waals surface area contributed by atoms with Crippen molar-refractivity contribution in [3.63, 3.8) is 0 Å². The lowest BCUT2D eigenvalue weighted by Gasteiger charge is -2.25. The Balaban J connectivity index is 1.78. The van der Waals surface area contributed by atoms with Gasteiger partial charge in [-0.15, -0.1) is 0 Å². The summed E-state index contributed by atoms with van der Waals surface area (Å²) in [6.07, 6.45) is 3.88. The van der Waals surface area contributed by atoms with Crippen LogP contribution in [0.15, 0.2) is 24.3 Å². The molecule has 5 nitrogen and oxygen atoms in total. The summed E-state index contributed by atoms with van der Waals surface area (Å²) >= 11 is 0. The quantitative estimate of drug-likeness (QED) is 0.849. The van der Waals surface area contributed by atoms with Crippen LogP contribution < -0.4 is 5.32 Å². The fraction of sp³-hybridized carbons (Fsp3) is 0.529. The van der Waals surface area contributed by atoms with E-state index < -0.39 is 11.9 Å². The summed E-state index contributed by atoms with van der Waals surface area (Å²) < 4.78 is 0. The SMILES string of the molecule is CC(CN(C)C(=O)NCc1ccc(C2CCC2)cc1)C(=O)O. The van der Waals surface area contributed by atoms with Crippen LogP contribution in [0.3, 0.4) is 0 Å². The summed E-state index contributed by atoms with van der Waals surface area (Å²) in [4.78, 5) is 24.1. The first-order valence-electron chi connectivity index (χ1n) is 7.78. The van der Waals surface area contributed by atoms with Gasteiger partial charge in [0, 0.05) is 20.1 Å². The Kier molecular flexibility index (Phi) is 5.41. The van der Waals surface area contributed by atoms with Crippen molar-refractivity contribution in [1.82, 2.24) is 10.2 Å². The summed E-state index contributed by atoms with van der Waals surface area (Å²) in [6.45, 7) is 2.24. The van der Waals surface area contributed by atoms with Crippen LogP contribution in [-0.4, -0.2) is 35.6 Å². The van der Waals surface area contributed by atoms with Gasteiger partial charge in [0.1, 0.15) is 0 Å². The smallest absolute Gasteiger partial charge is 0.317 e. The lowest BCUT2D eigenvalue weighted by Crippen LogP contribution is -2.40. The summed E-state index contributed by atoms with van der Waals surface area (Å²) in [7, 11) is 1.61. The highest BCUT2D eigenvalue weighted by Gasteiger charge is 2.19. The average molecular weight is 304 g/mol. The van der Waals surface area contributed by atoms with E-state index in [-0.39, 0.29) is 12.6 Å². The van der Waals surface area contributed by atoms with Crippen LogP contribution in [-0.2, 0) is 11.3 Å². The minimum Gasteiger partial charge on any atom is -0.481 e. The largest absolute Gasteiger partial charge is 0.481 e. The number of carbonyl (C=O) groups is 2. The van der Waals surface area contributed by atoms with E-state index in [1.165, 1.54) is 29.7 Å². The number of aliphatic carboxylic acids is 1. The van der Waals surface area contributed by atoms with Crippen LogP contribution in [0, 0.1) is 5.92 Å². The first kappa shape index (κ1) is 16.3. The molecule has 2 rings (SSSR count). The van der Waals surface area contributed by atoms with E-state index in [4.69, 9.17) is 5.11 Å². The van der Waals surface area contributed by atoms with Crippen molar-refractivity contribution >= 4 is 12.0 Å². The molecule has 5 heteroatoms. The third kappa shape index (κ3) is 4.23. The van der Waals surface area contributed by atoms with Gasteiger partial charge in [-0.3, -0.25) is 4.79 Å². The van der Waals surface area contributed by atoms with Gasteiger partial charge in [-0.1, -0.05) is 37.6 Å². The van der Waals surface area contributed by atoms with Crippen molar-refractivity contribution in [2.24, 2.45) is 5.92 Å². The Morgan fingerprint density at radius 3 is 2.45 bits per heavy atom. The minimum atomic E-state index is -0.897. The molecule has 0 spiro atoms. The number of carbonyl (C=O) groups excluding carboxylic acids is 1. The standard InChI is InChI=1S/C17H24N2O3/c1-12(16(20)21)11-19(2)17(22)18-10-13-6-8-15(9-7-13)14-4-3-5-14/h6-9,12,14H,3-5,10-11H2,1-2H3,(H,18,22)(H,20,21). The van der Waals surface area contributed by atoms with Gasteiger partial charge in [0.25, 0.3) is 0 Å². The predicted molar refractivity (Wildman–Crippen MR) is 84.7 cm³/mol. The first-order valence-corrected chi connectivity index (χ1v) is 7.78. The number of nitrogens with one attached hydrogen (secondary N) is 1. The fourth-order valence-corrected chi connectivity index (χ4v) is 2.53. The number of rotatable bonds is 6. The lowest BCUT2D eigenvalue weighted by molar-refractivity contribution is -0.141. The van der Waals surface area contributed by atoms with Gasteiger partial charge in [0.2, 0.25) is 0 Å². The molecular weight excluding hydrogens is 280 g/mol. The molecule has 0 aromatic heterocycles. The number of amides is 2. The zero-order valence-corrected chi connectivity index (χ0v) is 13.2. The summed E-state index contributed by atoms with van der Waals surface area (Å²) in [5, 5.41) is 11.7. The normalized spacial score (nSPS) is 15.7. The second-order valence-electron chi connectivity index (χ2n) is 6.15. The Bertz CT molecular complexity index is 523. The fourth-order valence-electron chi connectivity index (χ4n) is 2.53. The first-order chi connectivity index (χ1) is 10.5. The van der Waals surface area contributed by atoms with E-state index in [0.717, 1.165) is 5.56 Å². The third-order valence-corrected chi connectivity index (χ3v) is 4.32. The zero-order valence-electron chi connectivity index (χ0n) is 13.2. The van der Waals surface area contributed by atoms with Crippen LogP contribution in [0.4, 0.5) is 4.79 Å². The number of carboxylic acid groups (broad SMARTS) is 1. The van der Waals surface area contributed by atoms with Crippen molar-refractivity contribution in [2.45, 2.75) is 38.6 Å². The molecule has 1 fully saturated rings. The molecule has 0 heterocycles. The third-order valence-electron chi connectivity index (χ3n) is 4.32. The highest BCUT2D eigenvalue weighted by molar-refractivity contribution is 5.75. The number of nitrogens with zero attached hydrogens (tertiary/aromatic N) is 1. The maximum absolute atomic E-state index is 11.9. The van der Waals surface area contributed by atoms with E-state index >= 15 is 0 Å². The van der Waals surface area contributed by atoms with E-state index in [9.17, 15) is 9.59 Å². The van der Waals surface area contributed by atoms with Crippen molar-refractivity contribution in [3.05, 3.63) is 35.4 Å². The molecule has 1 aliphatic rings. The van der Waals surface area contributed by atoms with E-state index in [2.05, 4.69) is 17.4 Å². The van der Waals surface area contributed by atoms with Crippen LogP contribution >= 0.6 is 0 Å². The molecule has 1 unspecified atom stereocenters. The van der Waals surface area contributed by atoms with Gasteiger partial charge in [-0.2, -0.15) is 0 Å². The Morgan fingerprint density at radius 2 is 1.95 bits per heavy atom. The number of carboxylic acids is 1. The molecule has 1 saturated carbocycles. The predicted octanol–water partition coefficient (Wildman–Crippen LogP) is 2.82. The molecule has 22 heavy (non-hydrogen) atoms. The number of hydrogen-bond donors (Lipinski definition) is 2. The monoisotopic (exact) mass is 304 g/mol. The topological polar surface area (TPSA) is 69.6 Å². The molecule has 120 valence electrons. The van der Waals surface area contributed by atoms with E-state index in [1.54, 1.807) is 14.0 Å². The highest BCUT2D eigenvalue weighted by atomic mass is 16.4. The van der Waals surface area contributed by atoms with Crippen LogP contribution in [0.2, 0.25) is 0 Å². The maximum atomic E-state index is 11.9. The summed E-state index contributed by atoms with van der Waals surface area (Å²) in [5.41, 5.74) is 2.44. The van der Waals surface area contributed by atoms with Crippen LogP contribution in [0.25, 0.3) is 0 Å². The lowest BCUT2D eigenvalue weighted by atomic mass is 9.80. The highest BCUT2D eigenvalue weighted by Crippen LogP contribution is 2.36. The molecule has 2 N–H and O–H groups in total. The molecule has 0 aliphatic heterocycles. The zero-order chi connectivity index (χ0) is 16.1. The van der Waals surface area contributed by atoms with E-state index in [1.807, 2.05) is 12.1 Å². The number of benzene rings is 1. The Hall–Kier alpha value is -2.04. The average Bonchev–Trinajstić information content (AvgIpc) is 2.44. The molecule has 0 saturated heterocycles. The number of hydrogen-bond acceptors (Lipinski definition) is 2. The van der Waals surface area contributed by atoms with Gasteiger partial charge in [0.15, 0.2) is 0 Å². The van der Waals surface area contributed by atoms with Crippen molar-refractivity contribution < 1.29 is 14.7 Å². The van der Waals surface area contributed by atoms with Crippen LogP contribution in [0.5, 0.6) is 0 Å². The molecule has 0 bridgehead atoms. The van der Waals surface area contributed by atoms with Crippen molar-refractivity contribution in [2.75, 3.05) is 13.6 Å². The van der Waals surface area contributed by atoms with Gasteiger partial charge < -0.3 is 15.3 Å². The van der Waals surface area contributed by atoms with E-state index in [0.29, 0.717) is 12.5 Å². The minimum absolute atomic E-state index is 0.196. The molecule has 1 aliphatic carbocycles. The molecule has 0 radical (unpaired) electrons. The molecule has 1 aromatic rings. The van der Waals surface area contributed by atoms with Gasteiger partial charge in [-0.05, 0) is 29.9 Å². The van der Waals surface area contributed by atoms with Crippen molar-refractivity contribution in [3.8, 4) is 0 Å². The second kappa shape index (κ2) is 7.29.